The normalized spacial score (nSPS) is 12.7. The Bertz CT molecular complexity index is 3130. The zero-order valence-electron chi connectivity index (χ0n) is 34.3. The van der Waals surface area contributed by atoms with Crippen molar-refractivity contribution in [1.82, 2.24) is 9.55 Å². The van der Waals surface area contributed by atoms with Gasteiger partial charge in [0.05, 0.1) is 33.8 Å². The summed E-state index contributed by atoms with van der Waals surface area (Å²) >= 11 is 0. The molecule has 11 rings (SSSR count). The van der Waals surface area contributed by atoms with Gasteiger partial charge in [-0.25, -0.2) is 0 Å². The van der Waals surface area contributed by atoms with Gasteiger partial charge in [-0.3, -0.25) is 4.98 Å². The summed E-state index contributed by atoms with van der Waals surface area (Å²) in [5, 5.41) is 6.13. The van der Waals surface area contributed by atoms with Gasteiger partial charge >= 0.3 is 0 Å². The first-order valence-corrected chi connectivity index (χ1v) is 21.1. The van der Waals surface area contributed by atoms with Crippen LogP contribution in [0.25, 0.3) is 44.1 Å². The molecule has 10 aromatic rings. The monoisotopic (exact) mass is 801 g/mol. The number of para-hydroxylation sites is 4. The molecule has 1 aliphatic rings. The molecule has 0 radical (unpaired) electrons. The van der Waals surface area contributed by atoms with Gasteiger partial charge in [-0.1, -0.05) is 139 Å². The lowest BCUT2D eigenvalue weighted by molar-refractivity contribution is 0.483. The van der Waals surface area contributed by atoms with Crippen molar-refractivity contribution in [2.45, 2.75) is 13.1 Å². The molecule has 62 heavy (non-hydrogen) atoms. The molecular weight excluding hydrogens is 759 g/mol. The minimum Gasteiger partial charge on any atom is -0.457 e. The first kappa shape index (κ1) is 36.9. The highest BCUT2D eigenvalue weighted by Gasteiger charge is 2.31. The molecule has 6 heteroatoms. The van der Waals surface area contributed by atoms with E-state index in [1.807, 2.05) is 24.4 Å². The standard InChI is InChI=1S/C56H43N5O/c1-39-29-31-42(32-30-39)58-56(50-25-12-13-35-57-50)61-51-26-9-8-22-48(51)49-34-33-45(37-54(49)61)62-44-21-14-20-43(36-44)59-38-60(53-28-11-10-27-52(53)59)55-46(40-16-4-2-5-17-40)23-15-24-47(55)41-18-6-3-7-19-41/h2-37,56,58H,38H2,1H3. The third-order valence-electron chi connectivity index (χ3n) is 11.9. The van der Waals surface area contributed by atoms with Crippen LogP contribution in [0.4, 0.5) is 28.4 Å². The molecule has 0 fully saturated rings. The topological polar surface area (TPSA) is 45.6 Å². The van der Waals surface area contributed by atoms with E-state index in [0.717, 1.165) is 56.4 Å². The molecular formula is C56H43N5O. The van der Waals surface area contributed by atoms with Crippen LogP contribution < -0.4 is 19.9 Å². The maximum atomic E-state index is 6.82. The highest BCUT2D eigenvalue weighted by atomic mass is 16.5. The lowest BCUT2D eigenvalue weighted by Gasteiger charge is -2.27. The minimum absolute atomic E-state index is 0.285. The van der Waals surface area contributed by atoms with Crippen LogP contribution in [0.15, 0.2) is 219 Å². The van der Waals surface area contributed by atoms with E-state index in [9.17, 15) is 0 Å². The molecule has 0 amide bonds. The molecule has 3 heterocycles. The van der Waals surface area contributed by atoms with Gasteiger partial charge in [0.25, 0.3) is 0 Å². The number of ether oxygens (including phenoxy) is 1. The number of aromatic nitrogens is 2. The molecule has 1 N–H and O–H groups in total. The van der Waals surface area contributed by atoms with Crippen molar-refractivity contribution in [1.29, 1.82) is 0 Å². The molecule has 6 nitrogen and oxygen atoms in total. The molecule has 1 unspecified atom stereocenters. The zero-order valence-corrected chi connectivity index (χ0v) is 34.3. The van der Waals surface area contributed by atoms with Gasteiger partial charge in [-0.2, -0.15) is 0 Å². The Labute approximate surface area is 361 Å². The van der Waals surface area contributed by atoms with Gasteiger partial charge in [-0.05, 0) is 84.8 Å². The highest BCUT2D eigenvalue weighted by Crippen LogP contribution is 2.50. The number of rotatable bonds is 10. The van der Waals surface area contributed by atoms with Crippen molar-refractivity contribution in [2.75, 3.05) is 21.8 Å². The quantitative estimate of drug-likeness (QED) is 0.149. The van der Waals surface area contributed by atoms with E-state index in [1.54, 1.807) is 0 Å². The first-order valence-electron chi connectivity index (χ1n) is 21.1. The van der Waals surface area contributed by atoms with E-state index in [0.29, 0.717) is 6.67 Å². The Hall–Kier alpha value is -8.09. The Kier molecular flexibility index (Phi) is 9.43. The average molecular weight is 802 g/mol. The van der Waals surface area contributed by atoms with Crippen LogP contribution in [0.3, 0.4) is 0 Å². The van der Waals surface area contributed by atoms with Gasteiger partial charge in [0.1, 0.15) is 24.3 Å². The maximum absolute atomic E-state index is 6.82. The zero-order chi connectivity index (χ0) is 41.4. The predicted molar refractivity (Wildman–Crippen MR) is 256 cm³/mol. The van der Waals surface area contributed by atoms with Crippen LogP contribution in [0.1, 0.15) is 17.4 Å². The van der Waals surface area contributed by atoms with Crippen LogP contribution in [0.5, 0.6) is 11.5 Å². The predicted octanol–water partition coefficient (Wildman–Crippen LogP) is 14.5. The van der Waals surface area contributed by atoms with E-state index < -0.39 is 0 Å². The fraction of sp³-hybridized carbons (Fsp3) is 0.0536. The molecule has 2 aromatic heterocycles. The number of pyridine rings is 1. The Morgan fingerprint density at radius 1 is 0.516 bits per heavy atom. The fourth-order valence-electron chi connectivity index (χ4n) is 8.95. The summed E-state index contributed by atoms with van der Waals surface area (Å²) in [7, 11) is 0. The Morgan fingerprint density at radius 3 is 1.87 bits per heavy atom. The second-order valence-electron chi connectivity index (χ2n) is 15.8. The van der Waals surface area contributed by atoms with Crippen LogP contribution >= 0.6 is 0 Å². The van der Waals surface area contributed by atoms with Crippen molar-refractivity contribution >= 4 is 50.2 Å². The van der Waals surface area contributed by atoms with Gasteiger partial charge in [0.2, 0.25) is 0 Å². The van der Waals surface area contributed by atoms with Crippen LogP contribution in [0.2, 0.25) is 0 Å². The number of hydrogen-bond acceptors (Lipinski definition) is 5. The Morgan fingerprint density at radius 2 is 1.15 bits per heavy atom. The SMILES string of the molecule is Cc1ccc(NC(c2ccccn2)n2c3ccccc3c3ccc(Oc4cccc(N5CN(c6c(-c7ccccc7)cccc6-c6ccccc6)c6ccccc65)c4)cc32)cc1. The summed E-state index contributed by atoms with van der Waals surface area (Å²) in [6.07, 6.45) is 1.57. The number of anilines is 5. The summed E-state index contributed by atoms with van der Waals surface area (Å²) < 4.78 is 9.17. The number of aryl methyl sites for hydroxylation is 1. The van der Waals surface area contributed by atoms with Crippen molar-refractivity contribution in [2.24, 2.45) is 0 Å². The van der Waals surface area contributed by atoms with E-state index in [-0.39, 0.29) is 6.17 Å². The minimum atomic E-state index is -0.285. The molecule has 8 aromatic carbocycles. The largest absolute Gasteiger partial charge is 0.457 e. The van der Waals surface area contributed by atoms with E-state index in [2.05, 4.69) is 221 Å². The lowest BCUT2D eigenvalue weighted by Crippen LogP contribution is -2.24. The average Bonchev–Trinajstić information content (AvgIpc) is 3.88. The van der Waals surface area contributed by atoms with Crippen molar-refractivity contribution in [3.05, 3.63) is 230 Å². The van der Waals surface area contributed by atoms with Gasteiger partial charge in [-0.15, -0.1) is 0 Å². The van der Waals surface area contributed by atoms with Crippen molar-refractivity contribution in [3.63, 3.8) is 0 Å². The van der Waals surface area contributed by atoms with Gasteiger partial charge < -0.3 is 24.4 Å². The highest BCUT2D eigenvalue weighted by molar-refractivity contribution is 6.08. The summed E-state index contributed by atoms with van der Waals surface area (Å²) in [4.78, 5) is 9.70. The molecule has 298 valence electrons. The molecule has 0 bridgehead atoms. The molecule has 0 saturated heterocycles. The second kappa shape index (κ2) is 15.8. The number of nitrogens with zero attached hydrogens (tertiary/aromatic N) is 4. The summed E-state index contributed by atoms with van der Waals surface area (Å²) in [6.45, 7) is 2.73. The lowest BCUT2D eigenvalue weighted by atomic mass is 9.95. The third-order valence-corrected chi connectivity index (χ3v) is 11.9. The van der Waals surface area contributed by atoms with E-state index in [4.69, 9.17) is 9.72 Å². The number of nitrogens with one attached hydrogen (secondary N) is 1. The number of fused-ring (bicyclic) bond motifs is 4. The van der Waals surface area contributed by atoms with Gasteiger partial charge in [0, 0.05) is 51.6 Å². The third kappa shape index (κ3) is 6.78. The number of hydrogen-bond donors (Lipinski definition) is 1. The van der Waals surface area contributed by atoms with Gasteiger partial charge in [0.15, 0.2) is 0 Å². The maximum Gasteiger partial charge on any atom is 0.147 e. The van der Waals surface area contributed by atoms with Crippen molar-refractivity contribution < 1.29 is 4.74 Å². The summed E-state index contributed by atoms with van der Waals surface area (Å²) in [5.74, 6) is 1.51. The van der Waals surface area contributed by atoms with Crippen LogP contribution in [-0.2, 0) is 0 Å². The fourth-order valence-corrected chi connectivity index (χ4v) is 8.95. The van der Waals surface area contributed by atoms with E-state index >= 15 is 0 Å². The number of benzene rings is 8. The van der Waals surface area contributed by atoms with E-state index in [1.165, 1.54) is 38.9 Å². The van der Waals surface area contributed by atoms with Crippen molar-refractivity contribution in [3.8, 4) is 33.8 Å². The molecule has 1 aliphatic heterocycles. The Balaban J connectivity index is 0.972. The molecule has 0 spiro atoms. The molecule has 1 atom stereocenters. The molecule has 0 saturated carbocycles. The smallest absolute Gasteiger partial charge is 0.147 e. The van der Waals surface area contributed by atoms with Crippen LogP contribution in [0, 0.1) is 6.92 Å². The first-order chi connectivity index (χ1) is 30.7. The molecule has 0 aliphatic carbocycles. The summed E-state index contributed by atoms with van der Waals surface area (Å²) in [6, 6.07) is 74.8. The summed E-state index contributed by atoms with van der Waals surface area (Å²) in [5.41, 5.74) is 14.5. The second-order valence-corrected chi connectivity index (χ2v) is 15.8. The van der Waals surface area contributed by atoms with Crippen LogP contribution in [-0.4, -0.2) is 16.2 Å².